The minimum atomic E-state index is -0.348. The third kappa shape index (κ3) is 3.32. The van der Waals surface area contributed by atoms with Crippen LogP contribution >= 0.6 is 0 Å². The first kappa shape index (κ1) is 18.9. The Labute approximate surface area is 179 Å². The number of nitrogens with one attached hydrogen (secondary N) is 1. The van der Waals surface area contributed by atoms with E-state index in [0.717, 1.165) is 38.4 Å². The molecule has 3 nitrogen and oxygen atoms in total. The van der Waals surface area contributed by atoms with Gasteiger partial charge < -0.3 is 15.8 Å². The lowest BCUT2D eigenvalue weighted by Gasteiger charge is -2.19. The van der Waals surface area contributed by atoms with E-state index in [1.54, 1.807) is 6.07 Å². The highest BCUT2D eigenvalue weighted by Crippen LogP contribution is 2.44. The summed E-state index contributed by atoms with van der Waals surface area (Å²) in [7, 11) is 1.53. The number of rotatable bonds is 4. The number of halogens is 1. The summed E-state index contributed by atoms with van der Waals surface area (Å²) in [5.41, 5.74) is 10.8. The maximum Gasteiger partial charge on any atom is 0.145 e. The summed E-state index contributed by atoms with van der Waals surface area (Å²) < 4.78 is 19.1. The number of hydrogen-bond acceptors (Lipinski definition) is 3. The molecule has 0 spiro atoms. The van der Waals surface area contributed by atoms with E-state index in [2.05, 4.69) is 35.6 Å². The second-order valence-corrected chi connectivity index (χ2v) is 7.43. The average molecular weight is 408 g/mol. The van der Waals surface area contributed by atoms with Crippen LogP contribution in [0.15, 0.2) is 91.0 Å². The summed E-state index contributed by atoms with van der Waals surface area (Å²) in [6.07, 6.45) is 0. The van der Waals surface area contributed by atoms with Crippen molar-refractivity contribution in [1.82, 2.24) is 0 Å². The zero-order chi connectivity index (χ0) is 21.4. The molecule has 0 bridgehead atoms. The van der Waals surface area contributed by atoms with E-state index >= 15 is 0 Å². The van der Waals surface area contributed by atoms with E-state index in [1.807, 2.05) is 42.5 Å². The normalized spacial score (nSPS) is 11.0. The Morgan fingerprint density at radius 1 is 0.710 bits per heavy atom. The van der Waals surface area contributed by atoms with Crippen molar-refractivity contribution in [2.75, 3.05) is 18.2 Å². The summed E-state index contributed by atoms with van der Waals surface area (Å²) in [5, 5.41) is 7.84. The summed E-state index contributed by atoms with van der Waals surface area (Å²) in [4.78, 5) is 0. The van der Waals surface area contributed by atoms with Gasteiger partial charge in [0.25, 0.3) is 0 Å². The van der Waals surface area contributed by atoms with E-state index in [-0.39, 0.29) is 5.82 Å². The van der Waals surface area contributed by atoms with Gasteiger partial charge in [0, 0.05) is 28.6 Å². The minimum Gasteiger partial charge on any atom is -0.494 e. The van der Waals surface area contributed by atoms with Gasteiger partial charge in [0.05, 0.1) is 12.8 Å². The van der Waals surface area contributed by atoms with Gasteiger partial charge >= 0.3 is 0 Å². The van der Waals surface area contributed by atoms with Crippen molar-refractivity contribution in [1.29, 1.82) is 0 Å². The Morgan fingerprint density at radius 3 is 2.03 bits per heavy atom. The Bertz CT molecular complexity index is 1430. The SMILES string of the molecule is COc1cc(F)ccc1Nc1ccc2ccccc2c1-c1c(N)ccc2ccccc12. The fraction of sp³-hybridized carbons (Fsp3) is 0.0370. The van der Waals surface area contributed by atoms with Gasteiger partial charge in [-0.15, -0.1) is 0 Å². The molecule has 0 unspecified atom stereocenters. The molecule has 0 aliphatic heterocycles. The highest BCUT2D eigenvalue weighted by molar-refractivity contribution is 6.13. The zero-order valence-electron chi connectivity index (χ0n) is 17.0. The number of benzene rings is 5. The Balaban J connectivity index is 1.82. The van der Waals surface area contributed by atoms with Crippen molar-refractivity contribution in [3.05, 3.63) is 96.8 Å². The predicted molar refractivity (Wildman–Crippen MR) is 128 cm³/mol. The van der Waals surface area contributed by atoms with E-state index < -0.39 is 0 Å². The summed E-state index contributed by atoms with van der Waals surface area (Å²) in [6, 6.07) is 29.0. The Hall–Kier alpha value is -4.05. The van der Waals surface area contributed by atoms with E-state index in [4.69, 9.17) is 10.5 Å². The third-order valence-electron chi connectivity index (χ3n) is 5.57. The van der Waals surface area contributed by atoms with Crippen molar-refractivity contribution >= 4 is 38.6 Å². The molecule has 4 heteroatoms. The number of methoxy groups -OCH3 is 1. The molecule has 5 aromatic carbocycles. The number of nitrogens with two attached hydrogens (primary N) is 1. The molecule has 0 aromatic heterocycles. The quantitative estimate of drug-likeness (QED) is 0.311. The fourth-order valence-corrected chi connectivity index (χ4v) is 4.13. The van der Waals surface area contributed by atoms with E-state index in [0.29, 0.717) is 17.1 Å². The fourth-order valence-electron chi connectivity index (χ4n) is 4.13. The molecular weight excluding hydrogens is 387 g/mol. The van der Waals surface area contributed by atoms with Crippen LogP contribution in [0.2, 0.25) is 0 Å². The standard InChI is InChI=1S/C27H21FN2O/c1-31-25-16-19(28)12-15-23(25)30-24-14-11-18-7-3-5-9-21(18)27(24)26-20-8-4-2-6-17(20)10-13-22(26)29/h2-16,30H,29H2,1H3. The molecule has 0 saturated heterocycles. The smallest absolute Gasteiger partial charge is 0.145 e. The molecule has 0 aliphatic carbocycles. The van der Waals surface area contributed by atoms with Crippen molar-refractivity contribution in [3.8, 4) is 16.9 Å². The first-order valence-corrected chi connectivity index (χ1v) is 10.1. The third-order valence-corrected chi connectivity index (χ3v) is 5.57. The Kier molecular flexibility index (Phi) is 4.68. The lowest BCUT2D eigenvalue weighted by Crippen LogP contribution is -2.00. The molecule has 0 saturated carbocycles. The lowest BCUT2D eigenvalue weighted by molar-refractivity contribution is 0.413. The van der Waals surface area contributed by atoms with Crippen LogP contribution in [0.4, 0.5) is 21.5 Å². The lowest BCUT2D eigenvalue weighted by atomic mass is 9.91. The molecule has 0 aliphatic rings. The highest BCUT2D eigenvalue weighted by Gasteiger charge is 2.17. The van der Waals surface area contributed by atoms with Gasteiger partial charge in [0.15, 0.2) is 0 Å². The van der Waals surface area contributed by atoms with E-state index in [9.17, 15) is 4.39 Å². The molecule has 0 fully saturated rings. The van der Waals surface area contributed by atoms with Crippen LogP contribution in [0, 0.1) is 5.82 Å². The van der Waals surface area contributed by atoms with Crippen LogP contribution in [0.5, 0.6) is 5.75 Å². The highest BCUT2D eigenvalue weighted by atomic mass is 19.1. The molecule has 152 valence electrons. The van der Waals surface area contributed by atoms with Gasteiger partial charge in [-0.25, -0.2) is 4.39 Å². The topological polar surface area (TPSA) is 47.3 Å². The molecule has 0 heterocycles. The van der Waals surface area contributed by atoms with Crippen LogP contribution in [0.3, 0.4) is 0 Å². The van der Waals surface area contributed by atoms with Crippen LogP contribution in [-0.4, -0.2) is 7.11 Å². The van der Waals surface area contributed by atoms with Gasteiger partial charge in [-0.2, -0.15) is 0 Å². The first-order valence-electron chi connectivity index (χ1n) is 10.1. The predicted octanol–water partition coefficient (Wildman–Crippen LogP) is 7.13. The van der Waals surface area contributed by atoms with Crippen molar-refractivity contribution in [2.45, 2.75) is 0 Å². The number of nitrogen functional groups attached to an aromatic ring is 1. The summed E-state index contributed by atoms with van der Waals surface area (Å²) >= 11 is 0. The Morgan fingerprint density at radius 2 is 1.32 bits per heavy atom. The molecule has 3 N–H and O–H groups in total. The zero-order valence-corrected chi connectivity index (χ0v) is 17.0. The van der Waals surface area contributed by atoms with Crippen LogP contribution < -0.4 is 15.8 Å². The second-order valence-electron chi connectivity index (χ2n) is 7.43. The largest absolute Gasteiger partial charge is 0.494 e. The molecule has 0 amide bonds. The van der Waals surface area contributed by atoms with Crippen LogP contribution in [-0.2, 0) is 0 Å². The number of hydrogen-bond donors (Lipinski definition) is 2. The van der Waals surface area contributed by atoms with Crippen LogP contribution in [0.25, 0.3) is 32.7 Å². The maximum atomic E-state index is 13.7. The van der Waals surface area contributed by atoms with Gasteiger partial charge in [-0.05, 0) is 45.8 Å². The second kappa shape index (κ2) is 7.65. The first-order chi connectivity index (χ1) is 15.2. The molecule has 5 rings (SSSR count). The number of fused-ring (bicyclic) bond motifs is 2. The summed E-state index contributed by atoms with van der Waals surface area (Å²) in [5.74, 6) is 0.0874. The van der Waals surface area contributed by atoms with Gasteiger partial charge in [0.1, 0.15) is 11.6 Å². The maximum absolute atomic E-state index is 13.7. The van der Waals surface area contributed by atoms with Gasteiger partial charge in [0.2, 0.25) is 0 Å². The summed E-state index contributed by atoms with van der Waals surface area (Å²) in [6.45, 7) is 0. The monoisotopic (exact) mass is 408 g/mol. The van der Waals surface area contributed by atoms with Crippen molar-refractivity contribution in [2.24, 2.45) is 0 Å². The molecule has 0 radical (unpaired) electrons. The number of ether oxygens (including phenoxy) is 1. The molecule has 31 heavy (non-hydrogen) atoms. The van der Waals surface area contributed by atoms with Crippen molar-refractivity contribution < 1.29 is 9.13 Å². The van der Waals surface area contributed by atoms with Crippen molar-refractivity contribution in [3.63, 3.8) is 0 Å². The van der Waals surface area contributed by atoms with Crippen LogP contribution in [0.1, 0.15) is 0 Å². The van der Waals surface area contributed by atoms with E-state index in [1.165, 1.54) is 19.2 Å². The molecule has 0 atom stereocenters. The molecular formula is C27H21FN2O. The average Bonchev–Trinajstić information content (AvgIpc) is 2.80. The minimum absolute atomic E-state index is 0.348. The van der Waals surface area contributed by atoms with Gasteiger partial charge in [-0.1, -0.05) is 60.7 Å². The molecule has 5 aromatic rings. The number of anilines is 3. The van der Waals surface area contributed by atoms with Gasteiger partial charge in [-0.3, -0.25) is 0 Å².